The van der Waals surface area contributed by atoms with Gasteiger partial charge in [-0.2, -0.15) is 11.8 Å². The number of carbonyl (C=O) groups excluding carboxylic acids is 1. The van der Waals surface area contributed by atoms with Crippen molar-refractivity contribution in [3.8, 4) is 0 Å². The van der Waals surface area contributed by atoms with Crippen LogP contribution in [-0.2, 0) is 13.0 Å². The first-order valence-corrected chi connectivity index (χ1v) is 9.43. The standard InChI is InChI=1S/C17H22N4O2S/c1-2-3-13-8-15(23-21-13)10-19-17(22)12-4-5-16(18-9-12)20-14-6-7-24-11-14/h4-5,8-9,14H,2-3,6-7,10-11H2,1H3,(H,18,20)(H,19,22). The zero-order valence-corrected chi connectivity index (χ0v) is 14.6. The van der Waals surface area contributed by atoms with E-state index in [4.69, 9.17) is 4.52 Å². The summed E-state index contributed by atoms with van der Waals surface area (Å²) < 4.78 is 5.20. The molecule has 2 aromatic rings. The Balaban J connectivity index is 1.50. The van der Waals surface area contributed by atoms with Gasteiger partial charge in [0.15, 0.2) is 5.76 Å². The Morgan fingerprint density at radius 1 is 1.46 bits per heavy atom. The van der Waals surface area contributed by atoms with Crippen molar-refractivity contribution in [2.75, 3.05) is 16.8 Å². The molecule has 3 heterocycles. The van der Waals surface area contributed by atoms with Gasteiger partial charge in [0.25, 0.3) is 5.91 Å². The van der Waals surface area contributed by atoms with Crippen LogP contribution in [0.25, 0.3) is 0 Å². The Hall–Kier alpha value is -2.02. The van der Waals surface area contributed by atoms with E-state index in [2.05, 4.69) is 27.7 Å². The monoisotopic (exact) mass is 346 g/mol. The van der Waals surface area contributed by atoms with E-state index in [1.54, 1.807) is 12.3 Å². The van der Waals surface area contributed by atoms with Gasteiger partial charge in [-0.1, -0.05) is 18.5 Å². The van der Waals surface area contributed by atoms with Crippen molar-refractivity contribution >= 4 is 23.5 Å². The minimum atomic E-state index is -0.168. The summed E-state index contributed by atoms with van der Waals surface area (Å²) in [7, 11) is 0. The number of nitrogens with zero attached hydrogens (tertiary/aromatic N) is 2. The van der Waals surface area contributed by atoms with Gasteiger partial charge in [0.2, 0.25) is 0 Å². The number of hydrogen-bond acceptors (Lipinski definition) is 6. The lowest BCUT2D eigenvalue weighted by molar-refractivity contribution is 0.0946. The number of thioether (sulfide) groups is 1. The van der Waals surface area contributed by atoms with E-state index >= 15 is 0 Å². The van der Waals surface area contributed by atoms with Crippen molar-refractivity contribution in [1.29, 1.82) is 0 Å². The summed E-state index contributed by atoms with van der Waals surface area (Å²) in [5.41, 5.74) is 1.46. The molecule has 2 aromatic heterocycles. The largest absolute Gasteiger partial charge is 0.366 e. The molecule has 1 saturated heterocycles. The van der Waals surface area contributed by atoms with Crippen molar-refractivity contribution in [3.05, 3.63) is 41.4 Å². The molecule has 128 valence electrons. The minimum absolute atomic E-state index is 0.168. The number of pyridine rings is 1. The quantitative estimate of drug-likeness (QED) is 0.802. The Labute approximate surface area is 145 Å². The second-order valence-electron chi connectivity index (χ2n) is 5.85. The zero-order chi connectivity index (χ0) is 16.8. The molecule has 0 bridgehead atoms. The van der Waals surface area contributed by atoms with Crippen LogP contribution in [0, 0.1) is 0 Å². The summed E-state index contributed by atoms with van der Waals surface area (Å²) in [6, 6.07) is 6.00. The summed E-state index contributed by atoms with van der Waals surface area (Å²) >= 11 is 1.95. The molecule has 2 N–H and O–H groups in total. The molecule has 0 aromatic carbocycles. The molecule has 7 heteroatoms. The van der Waals surface area contributed by atoms with E-state index in [9.17, 15) is 4.79 Å². The van der Waals surface area contributed by atoms with Crippen molar-refractivity contribution in [2.45, 2.75) is 38.8 Å². The van der Waals surface area contributed by atoms with Gasteiger partial charge in [-0.3, -0.25) is 4.79 Å². The van der Waals surface area contributed by atoms with Crippen LogP contribution in [0.2, 0.25) is 0 Å². The maximum Gasteiger partial charge on any atom is 0.253 e. The van der Waals surface area contributed by atoms with E-state index in [0.717, 1.165) is 36.5 Å². The van der Waals surface area contributed by atoms with Gasteiger partial charge < -0.3 is 15.2 Å². The van der Waals surface area contributed by atoms with Crippen molar-refractivity contribution < 1.29 is 9.32 Å². The normalized spacial score (nSPS) is 17.0. The fraction of sp³-hybridized carbons (Fsp3) is 0.471. The number of rotatable bonds is 7. The summed E-state index contributed by atoms with van der Waals surface area (Å²) in [6.07, 6.45) is 4.66. The SMILES string of the molecule is CCCc1cc(CNC(=O)c2ccc(NC3CCSC3)nc2)on1. The molecule has 0 spiro atoms. The minimum Gasteiger partial charge on any atom is -0.366 e. The molecule has 24 heavy (non-hydrogen) atoms. The summed E-state index contributed by atoms with van der Waals surface area (Å²) in [5.74, 6) is 3.62. The lowest BCUT2D eigenvalue weighted by Crippen LogP contribution is -2.23. The molecule has 6 nitrogen and oxygen atoms in total. The second kappa shape index (κ2) is 8.19. The molecule has 1 amide bonds. The third-order valence-electron chi connectivity index (χ3n) is 3.84. The van der Waals surface area contributed by atoms with Gasteiger partial charge >= 0.3 is 0 Å². The highest BCUT2D eigenvalue weighted by atomic mass is 32.2. The van der Waals surface area contributed by atoms with E-state index in [1.165, 1.54) is 5.75 Å². The Kier molecular flexibility index (Phi) is 5.74. The Morgan fingerprint density at radius 2 is 2.38 bits per heavy atom. The van der Waals surface area contributed by atoms with Crippen LogP contribution in [0.1, 0.15) is 41.6 Å². The molecule has 0 radical (unpaired) electrons. The number of nitrogens with one attached hydrogen (secondary N) is 2. The number of carbonyl (C=O) groups is 1. The van der Waals surface area contributed by atoms with Crippen molar-refractivity contribution in [3.63, 3.8) is 0 Å². The number of amides is 1. The van der Waals surface area contributed by atoms with Crippen LogP contribution < -0.4 is 10.6 Å². The molecule has 3 rings (SSSR count). The number of anilines is 1. The van der Waals surface area contributed by atoms with E-state index in [-0.39, 0.29) is 5.91 Å². The molecule has 0 saturated carbocycles. The number of aryl methyl sites for hydroxylation is 1. The summed E-state index contributed by atoms with van der Waals surface area (Å²) in [6.45, 7) is 2.42. The highest BCUT2D eigenvalue weighted by molar-refractivity contribution is 7.99. The topological polar surface area (TPSA) is 80.0 Å². The first kappa shape index (κ1) is 16.8. The van der Waals surface area contributed by atoms with Crippen LogP contribution in [0.5, 0.6) is 0 Å². The third-order valence-corrected chi connectivity index (χ3v) is 5.01. The van der Waals surface area contributed by atoms with Gasteiger partial charge in [-0.15, -0.1) is 0 Å². The molecule has 1 unspecified atom stereocenters. The first-order chi connectivity index (χ1) is 11.7. The predicted octanol–water partition coefficient (Wildman–Crippen LogP) is 2.87. The number of aromatic nitrogens is 2. The van der Waals surface area contributed by atoms with Crippen molar-refractivity contribution in [2.24, 2.45) is 0 Å². The summed E-state index contributed by atoms with van der Waals surface area (Å²) in [4.78, 5) is 16.5. The van der Waals surface area contributed by atoms with Gasteiger partial charge in [0, 0.05) is 24.1 Å². The Bertz CT molecular complexity index is 665. The fourth-order valence-corrected chi connectivity index (χ4v) is 3.71. The van der Waals surface area contributed by atoms with E-state index in [1.807, 2.05) is 23.9 Å². The molecule has 1 aliphatic rings. The molecule has 1 fully saturated rings. The van der Waals surface area contributed by atoms with Crippen molar-refractivity contribution in [1.82, 2.24) is 15.5 Å². The zero-order valence-electron chi connectivity index (χ0n) is 13.7. The molecule has 0 aliphatic carbocycles. The smallest absolute Gasteiger partial charge is 0.253 e. The highest BCUT2D eigenvalue weighted by Gasteiger charge is 2.15. The second-order valence-corrected chi connectivity index (χ2v) is 7.00. The molecular weight excluding hydrogens is 324 g/mol. The third kappa shape index (κ3) is 4.50. The molecular formula is C17H22N4O2S. The highest BCUT2D eigenvalue weighted by Crippen LogP contribution is 2.20. The van der Waals surface area contributed by atoms with Crippen LogP contribution in [-0.4, -0.2) is 33.6 Å². The predicted molar refractivity (Wildman–Crippen MR) is 95.3 cm³/mol. The lowest BCUT2D eigenvalue weighted by atomic mass is 10.2. The van der Waals surface area contributed by atoms with Gasteiger partial charge in [0.1, 0.15) is 5.82 Å². The van der Waals surface area contributed by atoms with Crippen LogP contribution in [0.4, 0.5) is 5.82 Å². The average Bonchev–Trinajstić information content (AvgIpc) is 3.26. The van der Waals surface area contributed by atoms with Gasteiger partial charge in [-0.05, 0) is 30.7 Å². The van der Waals surface area contributed by atoms with Gasteiger partial charge in [-0.25, -0.2) is 4.98 Å². The van der Waals surface area contributed by atoms with E-state index < -0.39 is 0 Å². The fourth-order valence-electron chi connectivity index (χ4n) is 2.55. The molecule has 1 aliphatic heterocycles. The average molecular weight is 346 g/mol. The molecule has 1 atom stereocenters. The maximum absolute atomic E-state index is 12.2. The van der Waals surface area contributed by atoms with Crippen LogP contribution in [0.15, 0.2) is 28.9 Å². The lowest BCUT2D eigenvalue weighted by Gasteiger charge is -2.12. The summed E-state index contributed by atoms with van der Waals surface area (Å²) in [5, 5.41) is 10.2. The van der Waals surface area contributed by atoms with Gasteiger partial charge in [0.05, 0.1) is 17.8 Å². The van der Waals surface area contributed by atoms with E-state index in [0.29, 0.717) is 23.9 Å². The van der Waals surface area contributed by atoms with Crippen LogP contribution >= 0.6 is 11.8 Å². The van der Waals surface area contributed by atoms with Crippen LogP contribution in [0.3, 0.4) is 0 Å². The maximum atomic E-state index is 12.2. The Morgan fingerprint density at radius 3 is 3.08 bits per heavy atom. The first-order valence-electron chi connectivity index (χ1n) is 8.27. The number of hydrogen-bond donors (Lipinski definition) is 2.